The van der Waals surface area contributed by atoms with Gasteiger partial charge in [-0.05, 0) is 26.8 Å². The Bertz CT molecular complexity index is 402. The number of nitrogens with zero attached hydrogens (tertiary/aromatic N) is 1. The zero-order valence-corrected chi connectivity index (χ0v) is 11.1. The average molecular weight is 253 g/mol. The predicted molar refractivity (Wildman–Crippen MR) is 67.0 cm³/mol. The molecule has 0 aliphatic carbocycles. The molecule has 1 aromatic heterocycles. The molecular formula is C12H19N3O3. The van der Waals surface area contributed by atoms with Gasteiger partial charge in [0.1, 0.15) is 5.60 Å². The monoisotopic (exact) mass is 253 g/mol. The number of rotatable bonds is 4. The number of pyridine rings is 1. The Morgan fingerprint density at radius 2 is 2.11 bits per heavy atom. The van der Waals surface area contributed by atoms with E-state index in [-0.39, 0.29) is 0 Å². The van der Waals surface area contributed by atoms with E-state index in [0.717, 1.165) is 5.69 Å². The molecule has 0 unspecified atom stereocenters. The third-order valence-corrected chi connectivity index (χ3v) is 1.85. The Balaban J connectivity index is 2.35. The van der Waals surface area contributed by atoms with Crippen molar-refractivity contribution >= 4 is 6.09 Å². The zero-order chi connectivity index (χ0) is 13.6. The van der Waals surface area contributed by atoms with Crippen molar-refractivity contribution < 1.29 is 14.3 Å². The largest absolute Gasteiger partial charge is 0.481 e. The highest BCUT2D eigenvalue weighted by Crippen LogP contribution is 2.07. The van der Waals surface area contributed by atoms with Crippen molar-refractivity contribution in [2.45, 2.75) is 32.9 Å². The van der Waals surface area contributed by atoms with E-state index in [9.17, 15) is 4.79 Å². The highest BCUT2D eigenvalue weighted by Gasteiger charge is 2.15. The number of hydrogen-bond donors (Lipinski definition) is 2. The van der Waals surface area contributed by atoms with Crippen LogP contribution in [0.2, 0.25) is 0 Å². The van der Waals surface area contributed by atoms with Crippen molar-refractivity contribution in [3.05, 3.63) is 23.9 Å². The lowest BCUT2D eigenvalue weighted by Gasteiger charge is -2.19. The van der Waals surface area contributed by atoms with Gasteiger partial charge < -0.3 is 9.47 Å². The molecule has 0 bridgehead atoms. The van der Waals surface area contributed by atoms with E-state index in [4.69, 9.17) is 9.47 Å². The van der Waals surface area contributed by atoms with Gasteiger partial charge in [0.05, 0.1) is 19.3 Å². The van der Waals surface area contributed by atoms with Gasteiger partial charge in [0.15, 0.2) is 0 Å². The Morgan fingerprint density at radius 1 is 1.39 bits per heavy atom. The second-order valence-corrected chi connectivity index (χ2v) is 4.65. The van der Waals surface area contributed by atoms with Crippen LogP contribution in [0.3, 0.4) is 0 Å². The van der Waals surface area contributed by atoms with Crippen LogP contribution in [-0.2, 0) is 11.3 Å². The number of carbonyl (C=O) groups excluding carboxylic acids is 1. The van der Waals surface area contributed by atoms with Gasteiger partial charge in [0.25, 0.3) is 0 Å². The summed E-state index contributed by atoms with van der Waals surface area (Å²) in [7, 11) is 1.55. The lowest BCUT2D eigenvalue weighted by Crippen LogP contribution is -2.40. The Morgan fingerprint density at radius 3 is 2.72 bits per heavy atom. The topological polar surface area (TPSA) is 72.5 Å². The predicted octanol–water partition coefficient (Wildman–Crippen LogP) is 1.62. The van der Waals surface area contributed by atoms with Crippen LogP contribution in [0.15, 0.2) is 18.2 Å². The molecule has 0 aliphatic heterocycles. The van der Waals surface area contributed by atoms with Crippen LogP contribution in [0.4, 0.5) is 4.79 Å². The number of nitrogens with one attached hydrogen (secondary N) is 2. The summed E-state index contributed by atoms with van der Waals surface area (Å²) in [6.07, 6.45) is -0.523. The molecular weight excluding hydrogens is 234 g/mol. The molecule has 0 saturated carbocycles. The summed E-state index contributed by atoms with van der Waals surface area (Å²) in [6.45, 7) is 5.79. The second kappa shape index (κ2) is 6.20. The van der Waals surface area contributed by atoms with Gasteiger partial charge in [-0.3, -0.25) is 5.43 Å². The van der Waals surface area contributed by atoms with Gasteiger partial charge in [0.2, 0.25) is 5.88 Å². The fourth-order valence-electron chi connectivity index (χ4n) is 1.18. The number of ether oxygens (including phenoxy) is 2. The van der Waals surface area contributed by atoms with Crippen molar-refractivity contribution in [3.8, 4) is 5.88 Å². The van der Waals surface area contributed by atoms with Crippen molar-refractivity contribution in [1.29, 1.82) is 0 Å². The molecule has 1 rings (SSSR count). The lowest BCUT2D eigenvalue weighted by atomic mass is 10.2. The quantitative estimate of drug-likeness (QED) is 0.798. The normalized spacial score (nSPS) is 10.9. The first-order valence-electron chi connectivity index (χ1n) is 5.62. The molecule has 6 nitrogen and oxygen atoms in total. The highest BCUT2D eigenvalue weighted by molar-refractivity contribution is 5.66. The summed E-state index contributed by atoms with van der Waals surface area (Å²) in [5.41, 5.74) is 5.41. The van der Waals surface area contributed by atoms with E-state index in [1.165, 1.54) is 0 Å². The van der Waals surface area contributed by atoms with E-state index in [2.05, 4.69) is 15.8 Å². The number of carbonyl (C=O) groups is 1. The Kier molecular flexibility index (Phi) is 4.91. The molecule has 0 radical (unpaired) electrons. The van der Waals surface area contributed by atoms with Crippen LogP contribution in [0.5, 0.6) is 5.88 Å². The maximum absolute atomic E-state index is 11.3. The van der Waals surface area contributed by atoms with Crippen LogP contribution in [0.1, 0.15) is 26.5 Å². The molecule has 18 heavy (non-hydrogen) atoms. The maximum atomic E-state index is 11.3. The van der Waals surface area contributed by atoms with E-state index < -0.39 is 11.7 Å². The summed E-state index contributed by atoms with van der Waals surface area (Å²) < 4.78 is 10.1. The minimum absolute atomic E-state index is 0.385. The first kappa shape index (κ1) is 14.2. The molecule has 1 heterocycles. The molecule has 0 aromatic carbocycles. The maximum Gasteiger partial charge on any atom is 0.422 e. The van der Waals surface area contributed by atoms with Crippen molar-refractivity contribution in [2.75, 3.05) is 7.11 Å². The van der Waals surface area contributed by atoms with Gasteiger partial charge in [0, 0.05) is 6.07 Å². The minimum Gasteiger partial charge on any atom is -0.481 e. The van der Waals surface area contributed by atoms with Crippen LogP contribution >= 0.6 is 0 Å². The molecule has 100 valence electrons. The number of aromatic nitrogens is 1. The van der Waals surface area contributed by atoms with Crippen molar-refractivity contribution in [1.82, 2.24) is 15.8 Å². The smallest absolute Gasteiger partial charge is 0.422 e. The van der Waals surface area contributed by atoms with Gasteiger partial charge >= 0.3 is 6.09 Å². The Hall–Kier alpha value is -1.82. The van der Waals surface area contributed by atoms with E-state index in [1.807, 2.05) is 12.1 Å². The lowest BCUT2D eigenvalue weighted by molar-refractivity contribution is 0.0497. The third kappa shape index (κ3) is 5.49. The number of methoxy groups -OCH3 is 1. The fraction of sp³-hybridized carbons (Fsp3) is 0.500. The number of amides is 1. The van der Waals surface area contributed by atoms with E-state index in [1.54, 1.807) is 33.9 Å². The van der Waals surface area contributed by atoms with E-state index in [0.29, 0.717) is 12.4 Å². The van der Waals surface area contributed by atoms with E-state index >= 15 is 0 Å². The van der Waals surface area contributed by atoms with Crippen LogP contribution in [0, 0.1) is 0 Å². The fourth-order valence-corrected chi connectivity index (χ4v) is 1.18. The van der Waals surface area contributed by atoms with Gasteiger partial charge in [-0.15, -0.1) is 0 Å². The number of hydrazine groups is 1. The van der Waals surface area contributed by atoms with Crippen LogP contribution in [-0.4, -0.2) is 23.8 Å². The van der Waals surface area contributed by atoms with Crippen LogP contribution in [0.25, 0.3) is 0 Å². The average Bonchev–Trinajstić information content (AvgIpc) is 2.27. The minimum atomic E-state index is -0.523. The van der Waals surface area contributed by atoms with Gasteiger partial charge in [-0.25, -0.2) is 15.2 Å². The van der Waals surface area contributed by atoms with Crippen LogP contribution < -0.4 is 15.6 Å². The second-order valence-electron chi connectivity index (χ2n) is 4.65. The number of hydrogen-bond acceptors (Lipinski definition) is 5. The van der Waals surface area contributed by atoms with Crippen molar-refractivity contribution in [3.63, 3.8) is 0 Å². The van der Waals surface area contributed by atoms with Gasteiger partial charge in [-0.1, -0.05) is 6.07 Å². The molecule has 0 atom stereocenters. The molecule has 0 fully saturated rings. The zero-order valence-electron chi connectivity index (χ0n) is 11.1. The third-order valence-electron chi connectivity index (χ3n) is 1.85. The summed E-state index contributed by atoms with van der Waals surface area (Å²) >= 11 is 0. The summed E-state index contributed by atoms with van der Waals surface area (Å²) in [5.74, 6) is 0.534. The molecule has 2 N–H and O–H groups in total. The highest BCUT2D eigenvalue weighted by atomic mass is 16.6. The molecule has 6 heteroatoms. The summed E-state index contributed by atoms with van der Waals surface area (Å²) in [4.78, 5) is 15.5. The standard InChI is InChI=1S/C12H19N3O3/c1-12(2,3)18-11(16)15-13-8-9-6-5-7-10(14-9)17-4/h5-7,13H,8H2,1-4H3,(H,15,16). The molecule has 1 aromatic rings. The summed E-state index contributed by atoms with van der Waals surface area (Å²) in [5, 5.41) is 0. The molecule has 0 saturated heterocycles. The molecule has 0 aliphatic rings. The SMILES string of the molecule is COc1cccc(CNNC(=O)OC(C)(C)C)n1. The first-order chi connectivity index (χ1) is 8.40. The molecule has 0 spiro atoms. The molecule has 1 amide bonds. The summed E-state index contributed by atoms with van der Waals surface area (Å²) in [6, 6.07) is 5.41. The Labute approximate surface area is 107 Å². The van der Waals surface area contributed by atoms with Gasteiger partial charge in [-0.2, -0.15) is 0 Å². The first-order valence-corrected chi connectivity index (χ1v) is 5.62. The van der Waals surface area contributed by atoms with Crippen molar-refractivity contribution in [2.24, 2.45) is 0 Å².